The van der Waals surface area contributed by atoms with Gasteiger partial charge in [-0.3, -0.25) is 4.90 Å². The molecule has 0 aromatic heterocycles. The lowest BCUT2D eigenvalue weighted by atomic mass is 9.99. The van der Waals surface area contributed by atoms with Crippen molar-refractivity contribution in [2.24, 2.45) is 5.18 Å². The van der Waals surface area contributed by atoms with E-state index in [1.807, 2.05) is 37.2 Å². The number of likely N-dealkylation sites (tertiary alicyclic amines) is 1. The molecule has 1 fully saturated rings. The molecule has 158 valence electrons. The van der Waals surface area contributed by atoms with Crippen LogP contribution in [0.3, 0.4) is 0 Å². The average Bonchev–Trinajstić information content (AvgIpc) is 2.68. The highest BCUT2D eigenvalue weighted by molar-refractivity contribution is 5.58. The number of unbranched alkanes of at least 4 members (excludes halogenated alkanes) is 3. The maximum atomic E-state index is 11.1. The van der Waals surface area contributed by atoms with Crippen molar-refractivity contribution in [2.45, 2.75) is 57.2 Å². The number of nitroso groups, excluding NO2 is 1. The number of rotatable bonds is 12. The minimum atomic E-state index is -0.258. The summed E-state index contributed by atoms with van der Waals surface area (Å²) in [4.78, 5) is 15.4. The third-order valence-electron chi connectivity index (χ3n) is 5.39. The first-order valence-electron chi connectivity index (χ1n) is 10.4. The van der Waals surface area contributed by atoms with Crippen molar-refractivity contribution in [3.8, 4) is 0 Å². The summed E-state index contributed by atoms with van der Waals surface area (Å²) in [6.07, 6.45) is 5.73. The molecule has 1 saturated heterocycles. The number of aliphatic hydroxyl groups excluding tert-OH is 2. The van der Waals surface area contributed by atoms with Crippen LogP contribution in [-0.4, -0.2) is 72.5 Å². The van der Waals surface area contributed by atoms with Crippen LogP contribution in [0.25, 0.3) is 0 Å². The molecule has 2 unspecified atom stereocenters. The van der Waals surface area contributed by atoms with Gasteiger partial charge in [0.25, 0.3) is 0 Å². The number of nitrogens with one attached hydrogen (secondary N) is 1. The van der Waals surface area contributed by atoms with Crippen LogP contribution >= 0.6 is 0 Å². The number of hydrogen-bond acceptors (Lipinski definition) is 7. The van der Waals surface area contributed by atoms with Crippen LogP contribution in [0.4, 0.5) is 11.4 Å². The average molecular weight is 393 g/mol. The molecule has 0 spiro atoms. The fourth-order valence-corrected chi connectivity index (χ4v) is 3.82. The Morgan fingerprint density at radius 2 is 2.04 bits per heavy atom. The second-order valence-corrected chi connectivity index (χ2v) is 8.06. The van der Waals surface area contributed by atoms with Crippen LogP contribution in [-0.2, 0) is 6.54 Å². The van der Waals surface area contributed by atoms with Crippen LogP contribution < -0.4 is 5.32 Å². The van der Waals surface area contributed by atoms with E-state index in [1.54, 1.807) is 0 Å². The molecule has 0 bridgehead atoms. The zero-order chi connectivity index (χ0) is 20.4. The summed E-state index contributed by atoms with van der Waals surface area (Å²) in [6, 6.07) is 5.91. The molecule has 1 aliphatic heterocycles. The van der Waals surface area contributed by atoms with Gasteiger partial charge in [0.1, 0.15) is 5.69 Å². The number of benzene rings is 1. The Morgan fingerprint density at radius 3 is 2.75 bits per heavy atom. The van der Waals surface area contributed by atoms with E-state index in [9.17, 15) is 15.1 Å². The molecule has 2 atom stereocenters. The molecule has 0 saturated carbocycles. The third-order valence-corrected chi connectivity index (χ3v) is 5.39. The van der Waals surface area contributed by atoms with Gasteiger partial charge in [-0.05, 0) is 69.2 Å². The number of piperidine rings is 1. The van der Waals surface area contributed by atoms with Gasteiger partial charge in [0, 0.05) is 31.4 Å². The number of aliphatic hydroxyl groups is 2. The minimum Gasteiger partial charge on any atom is -0.395 e. The van der Waals surface area contributed by atoms with Crippen LogP contribution in [0.2, 0.25) is 0 Å². The van der Waals surface area contributed by atoms with E-state index in [0.717, 1.165) is 63.0 Å². The highest BCUT2D eigenvalue weighted by atomic mass is 16.3. The highest BCUT2D eigenvalue weighted by Gasteiger charge is 2.26. The molecule has 1 aromatic rings. The predicted molar refractivity (Wildman–Crippen MR) is 114 cm³/mol. The van der Waals surface area contributed by atoms with Crippen molar-refractivity contribution >= 4 is 11.4 Å². The molecule has 7 nitrogen and oxygen atoms in total. The minimum absolute atomic E-state index is 0.113. The Kier molecular flexibility index (Phi) is 9.84. The van der Waals surface area contributed by atoms with Gasteiger partial charge in [0.15, 0.2) is 0 Å². The van der Waals surface area contributed by atoms with Crippen molar-refractivity contribution < 1.29 is 10.2 Å². The summed E-state index contributed by atoms with van der Waals surface area (Å²) in [7, 11) is 3.94. The van der Waals surface area contributed by atoms with Crippen molar-refractivity contribution in [1.82, 2.24) is 9.80 Å². The molecule has 1 aromatic carbocycles. The van der Waals surface area contributed by atoms with E-state index >= 15 is 0 Å². The van der Waals surface area contributed by atoms with E-state index in [0.29, 0.717) is 18.7 Å². The van der Waals surface area contributed by atoms with Gasteiger partial charge in [-0.25, -0.2) is 0 Å². The van der Waals surface area contributed by atoms with Gasteiger partial charge in [-0.2, -0.15) is 0 Å². The molecule has 2 rings (SSSR count). The Bertz CT molecular complexity index is 597. The standard InChI is InChI=1S/C21H36N4O3/c1-24(2)15-17-7-8-18(13-21(17)23-28)22-10-5-3-4-6-11-25-12-9-20(27)14-19(25)16-26/h7-8,13,19-20,22,26-27H,3-6,9-12,14-16H2,1-2H3. The van der Waals surface area contributed by atoms with Crippen LogP contribution in [0.15, 0.2) is 23.4 Å². The molecule has 1 heterocycles. The highest BCUT2D eigenvalue weighted by Crippen LogP contribution is 2.24. The van der Waals surface area contributed by atoms with Crippen molar-refractivity contribution in [1.29, 1.82) is 0 Å². The molecule has 0 aliphatic carbocycles. The summed E-state index contributed by atoms with van der Waals surface area (Å²) in [6.45, 7) is 3.58. The summed E-state index contributed by atoms with van der Waals surface area (Å²) in [5, 5.41) is 25.7. The Hall–Kier alpha value is -1.54. The second-order valence-electron chi connectivity index (χ2n) is 8.06. The fraction of sp³-hybridized carbons (Fsp3) is 0.714. The quantitative estimate of drug-likeness (QED) is 0.374. The first-order valence-corrected chi connectivity index (χ1v) is 10.4. The topological polar surface area (TPSA) is 88.4 Å². The Morgan fingerprint density at radius 1 is 1.25 bits per heavy atom. The summed E-state index contributed by atoms with van der Waals surface area (Å²) < 4.78 is 0. The first kappa shape index (κ1) is 22.7. The van der Waals surface area contributed by atoms with Crippen LogP contribution in [0.5, 0.6) is 0 Å². The van der Waals surface area contributed by atoms with Gasteiger partial charge in [0.05, 0.1) is 12.7 Å². The van der Waals surface area contributed by atoms with Gasteiger partial charge in [-0.15, -0.1) is 4.91 Å². The number of anilines is 1. The van der Waals surface area contributed by atoms with E-state index < -0.39 is 0 Å². The van der Waals surface area contributed by atoms with E-state index in [1.165, 1.54) is 0 Å². The zero-order valence-electron chi connectivity index (χ0n) is 17.3. The van der Waals surface area contributed by atoms with Gasteiger partial charge < -0.3 is 20.4 Å². The second kappa shape index (κ2) is 12.1. The van der Waals surface area contributed by atoms with Crippen molar-refractivity contribution in [2.75, 3.05) is 45.7 Å². The molecule has 3 N–H and O–H groups in total. The molecule has 1 aliphatic rings. The maximum Gasteiger partial charge on any atom is 0.114 e. The lowest BCUT2D eigenvalue weighted by molar-refractivity contribution is 0.0163. The Labute approximate surface area is 168 Å². The smallest absolute Gasteiger partial charge is 0.114 e. The maximum absolute atomic E-state index is 11.1. The van der Waals surface area contributed by atoms with E-state index in [-0.39, 0.29) is 18.8 Å². The van der Waals surface area contributed by atoms with Gasteiger partial charge >= 0.3 is 0 Å². The molecule has 0 radical (unpaired) electrons. The molecule has 0 amide bonds. The molecular formula is C21H36N4O3. The Balaban J connectivity index is 1.62. The van der Waals surface area contributed by atoms with E-state index in [4.69, 9.17) is 0 Å². The van der Waals surface area contributed by atoms with Crippen LogP contribution in [0, 0.1) is 4.91 Å². The molecule has 28 heavy (non-hydrogen) atoms. The lowest BCUT2D eigenvalue weighted by Crippen LogP contribution is -2.46. The zero-order valence-corrected chi connectivity index (χ0v) is 17.3. The molecular weight excluding hydrogens is 356 g/mol. The van der Waals surface area contributed by atoms with Crippen molar-refractivity contribution in [3.63, 3.8) is 0 Å². The molecule has 7 heteroatoms. The fourth-order valence-electron chi connectivity index (χ4n) is 3.82. The van der Waals surface area contributed by atoms with Gasteiger partial charge in [0.2, 0.25) is 0 Å². The summed E-state index contributed by atoms with van der Waals surface area (Å²) in [5.74, 6) is 0. The van der Waals surface area contributed by atoms with Gasteiger partial charge in [-0.1, -0.05) is 18.9 Å². The normalized spacial score (nSPS) is 20.5. The summed E-state index contributed by atoms with van der Waals surface area (Å²) >= 11 is 0. The predicted octanol–water partition coefficient (Wildman–Crippen LogP) is 2.94. The largest absolute Gasteiger partial charge is 0.395 e. The van der Waals surface area contributed by atoms with E-state index in [2.05, 4.69) is 15.4 Å². The first-order chi connectivity index (χ1) is 13.5. The van der Waals surface area contributed by atoms with Crippen molar-refractivity contribution in [3.05, 3.63) is 28.7 Å². The number of nitrogens with zero attached hydrogens (tertiary/aromatic N) is 3. The lowest BCUT2D eigenvalue weighted by Gasteiger charge is -2.36. The summed E-state index contributed by atoms with van der Waals surface area (Å²) in [5.41, 5.74) is 2.38. The van der Waals surface area contributed by atoms with Crippen LogP contribution in [0.1, 0.15) is 44.1 Å². The SMILES string of the molecule is CN(C)Cc1ccc(NCCCCCCN2CCC(O)CC2CO)cc1N=O. The third kappa shape index (κ3) is 7.47. The monoisotopic (exact) mass is 392 g/mol. The number of hydrogen-bond donors (Lipinski definition) is 3.